The molecule has 0 saturated carbocycles. The zero-order chi connectivity index (χ0) is 19.4. The van der Waals surface area contributed by atoms with E-state index in [2.05, 4.69) is 11.4 Å². The molecule has 27 heavy (non-hydrogen) atoms. The number of anilines is 1. The zero-order valence-corrected chi connectivity index (χ0v) is 16.1. The summed E-state index contributed by atoms with van der Waals surface area (Å²) in [5.74, 6) is -0.732. The molecule has 0 aliphatic rings. The topological polar surface area (TPSA) is 52.9 Å². The second kappa shape index (κ2) is 8.26. The van der Waals surface area contributed by atoms with Crippen LogP contribution in [0.25, 0.3) is 0 Å². The van der Waals surface area contributed by atoms with Gasteiger partial charge in [-0.05, 0) is 53.9 Å². The van der Waals surface area contributed by atoms with Crippen molar-refractivity contribution in [2.45, 2.75) is 12.8 Å². The predicted molar refractivity (Wildman–Crippen MR) is 109 cm³/mol. The summed E-state index contributed by atoms with van der Waals surface area (Å²) in [7, 11) is 0. The first-order valence-corrected chi connectivity index (χ1v) is 9.06. The van der Waals surface area contributed by atoms with Gasteiger partial charge < -0.3 is 5.32 Å². The van der Waals surface area contributed by atoms with E-state index in [0.29, 0.717) is 26.9 Å². The van der Waals surface area contributed by atoms with E-state index in [1.54, 1.807) is 30.3 Å². The molecule has 0 aliphatic heterocycles. The van der Waals surface area contributed by atoms with Crippen molar-refractivity contribution >= 4 is 34.8 Å². The molecule has 0 aliphatic carbocycles. The van der Waals surface area contributed by atoms with Gasteiger partial charge in [0.25, 0.3) is 5.91 Å². The summed E-state index contributed by atoms with van der Waals surface area (Å²) >= 11 is 12.4. The third kappa shape index (κ3) is 4.31. The number of carbonyl (C=O) groups excluding carboxylic acids is 1. The van der Waals surface area contributed by atoms with Crippen LogP contribution in [0.1, 0.15) is 33.0 Å². The average Bonchev–Trinajstić information content (AvgIpc) is 2.68. The van der Waals surface area contributed by atoms with E-state index in [4.69, 9.17) is 23.2 Å². The van der Waals surface area contributed by atoms with Crippen molar-refractivity contribution in [3.63, 3.8) is 0 Å². The number of hydrogen-bond donors (Lipinski definition) is 1. The zero-order valence-electron chi connectivity index (χ0n) is 14.5. The number of rotatable bonds is 4. The molecule has 0 radical (unpaired) electrons. The van der Waals surface area contributed by atoms with Crippen LogP contribution in [0, 0.1) is 18.3 Å². The van der Waals surface area contributed by atoms with E-state index in [1.165, 1.54) is 0 Å². The minimum absolute atomic E-state index is 0.211. The smallest absolute Gasteiger partial charge is 0.255 e. The third-order valence-corrected chi connectivity index (χ3v) is 4.85. The summed E-state index contributed by atoms with van der Waals surface area (Å²) in [6, 6.07) is 21.9. The fourth-order valence-corrected chi connectivity index (χ4v) is 3.22. The summed E-state index contributed by atoms with van der Waals surface area (Å²) in [5.41, 5.74) is 3.51. The Balaban J connectivity index is 1.91. The van der Waals surface area contributed by atoms with E-state index < -0.39 is 5.92 Å². The number of nitrogens with zero attached hydrogens (tertiary/aromatic N) is 1. The molecule has 3 aromatic carbocycles. The molecule has 3 rings (SSSR count). The van der Waals surface area contributed by atoms with Gasteiger partial charge in [-0.1, -0.05) is 59.6 Å². The van der Waals surface area contributed by atoms with Crippen molar-refractivity contribution in [1.29, 1.82) is 5.26 Å². The Morgan fingerprint density at radius 1 is 1.04 bits per heavy atom. The van der Waals surface area contributed by atoms with Crippen LogP contribution in [0.3, 0.4) is 0 Å². The van der Waals surface area contributed by atoms with Gasteiger partial charge in [0.15, 0.2) is 0 Å². The molecule has 134 valence electrons. The van der Waals surface area contributed by atoms with Crippen molar-refractivity contribution in [1.82, 2.24) is 0 Å². The lowest BCUT2D eigenvalue weighted by molar-refractivity contribution is 0.102. The lowest BCUT2D eigenvalue weighted by Crippen LogP contribution is -2.13. The van der Waals surface area contributed by atoms with Gasteiger partial charge in [-0.25, -0.2) is 0 Å². The number of nitrogens with one attached hydrogen (secondary N) is 1. The Morgan fingerprint density at radius 3 is 2.33 bits per heavy atom. The summed E-state index contributed by atoms with van der Waals surface area (Å²) in [5, 5.41) is 13.6. The molecule has 1 N–H and O–H groups in total. The Labute approximate surface area is 168 Å². The minimum atomic E-state index is -0.521. The molecule has 0 fully saturated rings. The van der Waals surface area contributed by atoms with Gasteiger partial charge >= 0.3 is 0 Å². The van der Waals surface area contributed by atoms with E-state index in [0.717, 1.165) is 11.1 Å². The van der Waals surface area contributed by atoms with Gasteiger partial charge in [-0.2, -0.15) is 5.26 Å². The van der Waals surface area contributed by atoms with Gasteiger partial charge in [0, 0.05) is 21.3 Å². The molecule has 1 amide bonds. The molecule has 0 aromatic heterocycles. The van der Waals surface area contributed by atoms with Crippen molar-refractivity contribution in [2.75, 3.05) is 5.32 Å². The van der Waals surface area contributed by atoms with Gasteiger partial charge in [-0.15, -0.1) is 0 Å². The second-order valence-corrected chi connectivity index (χ2v) is 6.97. The highest BCUT2D eigenvalue weighted by Crippen LogP contribution is 2.34. The number of benzene rings is 3. The van der Waals surface area contributed by atoms with Crippen LogP contribution in [0.2, 0.25) is 10.0 Å². The van der Waals surface area contributed by atoms with Crippen molar-refractivity contribution in [2.24, 2.45) is 0 Å². The van der Waals surface area contributed by atoms with E-state index in [1.807, 2.05) is 43.3 Å². The highest BCUT2D eigenvalue weighted by Gasteiger charge is 2.19. The molecular formula is C22H16Cl2N2O. The lowest BCUT2D eigenvalue weighted by Gasteiger charge is -2.16. The van der Waals surface area contributed by atoms with Crippen molar-refractivity contribution in [3.8, 4) is 6.07 Å². The largest absolute Gasteiger partial charge is 0.322 e. The minimum Gasteiger partial charge on any atom is -0.322 e. The van der Waals surface area contributed by atoms with Crippen LogP contribution in [-0.4, -0.2) is 5.91 Å². The second-order valence-electron chi connectivity index (χ2n) is 6.12. The van der Waals surface area contributed by atoms with Crippen molar-refractivity contribution in [3.05, 3.63) is 99.0 Å². The third-order valence-electron chi connectivity index (χ3n) is 4.27. The quantitative estimate of drug-likeness (QED) is 0.571. The molecule has 5 heteroatoms. The van der Waals surface area contributed by atoms with E-state index in [9.17, 15) is 10.1 Å². The number of aryl methyl sites for hydroxylation is 1. The summed E-state index contributed by atoms with van der Waals surface area (Å²) in [6.07, 6.45) is 0. The maximum Gasteiger partial charge on any atom is 0.255 e. The fourth-order valence-electron chi connectivity index (χ4n) is 2.82. The number of nitriles is 1. The van der Waals surface area contributed by atoms with Crippen LogP contribution in [-0.2, 0) is 0 Å². The van der Waals surface area contributed by atoms with Gasteiger partial charge in [-0.3, -0.25) is 4.79 Å². The molecule has 0 bridgehead atoms. The highest BCUT2D eigenvalue weighted by atomic mass is 35.5. The molecule has 0 heterocycles. The van der Waals surface area contributed by atoms with Crippen molar-refractivity contribution < 1.29 is 4.79 Å². The molecule has 3 aromatic rings. The first-order chi connectivity index (χ1) is 13.0. The maximum absolute atomic E-state index is 12.4. The van der Waals surface area contributed by atoms with Gasteiger partial charge in [0.05, 0.1) is 12.0 Å². The standard InChI is InChI=1S/C22H16Cl2N2O/c1-14-11-18(19(13-25)15-7-9-17(23)10-8-15)20(24)12-21(14)26-22(27)16-5-3-2-4-6-16/h2-12,19H,1H3,(H,26,27). The Kier molecular flexibility index (Phi) is 5.81. The number of amides is 1. The summed E-state index contributed by atoms with van der Waals surface area (Å²) in [4.78, 5) is 12.4. The van der Waals surface area contributed by atoms with Gasteiger partial charge in [0.1, 0.15) is 0 Å². The molecule has 0 spiro atoms. The first-order valence-electron chi connectivity index (χ1n) is 8.31. The number of halogens is 2. The maximum atomic E-state index is 12.4. The molecule has 3 nitrogen and oxygen atoms in total. The van der Waals surface area contributed by atoms with E-state index in [-0.39, 0.29) is 5.91 Å². The number of hydrogen-bond acceptors (Lipinski definition) is 2. The number of carbonyl (C=O) groups is 1. The monoisotopic (exact) mass is 394 g/mol. The van der Waals surface area contributed by atoms with Crippen LogP contribution in [0.15, 0.2) is 66.7 Å². The predicted octanol–water partition coefficient (Wildman–Crippen LogP) is 6.21. The molecule has 1 unspecified atom stereocenters. The van der Waals surface area contributed by atoms with E-state index >= 15 is 0 Å². The molecule has 1 atom stereocenters. The summed E-state index contributed by atoms with van der Waals surface area (Å²) in [6.45, 7) is 1.87. The Bertz CT molecular complexity index is 1010. The normalized spacial score (nSPS) is 11.5. The fraction of sp³-hybridized carbons (Fsp3) is 0.0909. The molecule has 0 saturated heterocycles. The van der Waals surface area contributed by atoms with Crippen LogP contribution >= 0.6 is 23.2 Å². The van der Waals surface area contributed by atoms with Crippen LogP contribution < -0.4 is 5.32 Å². The highest BCUT2D eigenvalue weighted by molar-refractivity contribution is 6.32. The lowest BCUT2D eigenvalue weighted by atomic mass is 9.91. The first kappa shape index (κ1) is 19.0. The summed E-state index contributed by atoms with van der Waals surface area (Å²) < 4.78 is 0. The van der Waals surface area contributed by atoms with Crippen LogP contribution in [0.4, 0.5) is 5.69 Å². The molecular weight excluding hydrogens is 379 g/mol. The van der Waals surface area contributed by atoms with Crippen LogP contribution in [0.5, 0.6) is 0 Å². The SMILES string of the molecule is Cc1cc(C(C#N)c2ccc(Cl)cc2)c(Cl)cc1NC(=O)c1ccccc1. The average molecular weight is 395 g/mol. The Morgan fingerprint density at radius 2 is 1.70 bits per heavy atom. The van der Waals surface area contributed by atoms with Gasteiger partial charge in [0.2, 0.25) is 0 Å². The Hall–Kier alpha value is -2.80.